The number of hydrogen-bond acceptors (Lipinski definition) is 3. The molecular formula is C33H46O3. The van der Waals surface area contributed by atoms with Crippen molar-refractivity contribution in [3.05, 3.63) is 47.5 Å². The fraction of sp³-hybridized carbons (Fsp3) is 0.758. The lowest BCUT2D eigenvalue weighted by Crippen LogP contribution is -2.61. The van der Waals surface area contributed by atoms with Crippen LogP contribution in [0.1, 0.15) is 102 Å². The first-order valence-electron chi connectivity index (χ1n) is 15.1. The Bertz CT molecular complexity index is 1020. The van der Waals surface area contributed by atoms with Crippen molar-refractivity contribution in [1.29, 1.82) is 0 Å². The zero-order valence-corrected chi connectivity index (χ0v) is 22.6. The molecule has 0 radical (unpaired) electrons. The van der Waals surface area contributed by atoms with E-state index in [0.717, 1.165) is 38.0 Å². The number of hydrogen-bond donors (Lipinski definition) is 1. The van der Waals surface area contributed by atoms with Crippen LogP contribution in [0, 0.1) is 34.5 Å². The van der Waals surface area contributed by atoms with E-state index in [9.17, 15) is 5.11 Å². The minimum Gasteiger partial charge on any atom is -0.389 e. The third-order valence-corrected chi connectivity index (χ3v) is 12.8. The Balaban J connectivity index is 1.30. The summed E-state index contributed by atoms with van der Waals surface area (Å²) in [6.07, 6.45) is 13.7. The first-order chi connectivity index (χ1) is 17.3. The summed E-state index contributed by atoms with van der Waals surface area (Å²) >= 11 is 0. The van der Waals surface area contributed by atoms with E-state index in [-0.39, 0.29) is 0 Å². The van der Waals surface area contributed by atoms with E-state index in [1.165, 1.54) is 49.7 Å². The van der Waals surface area contributed by atoms with Crippen molar-refractivity contribution in [2.45, 2.75) is 108 Å². The summed E-state index contributed by atoms with van der Waals surface area (Å²) in [6.45, 7) is 11.0. The number of ether oxygens (including phenoxy) is 2. The van der Waals surface area contributed by atoms with Gasteiger partial charge in [0.15, 0.2) is 5.79 Å². The first kappa shape index (κ1) is 23.9. The highest BCUT2D eigenvalue weighted by molar-refractivity contribution is 5.33. The molecule has 196 valence electrons. The van der Waals surface area contributed by atoms with Gasteiger partial charge in [-0.3, -0.25) is 0 Å². The Morgan fingerprint density at radius 3 is 2.42 bits per heavy atom. The van der Waals surface area contributed by atoms with Crippen LogP contribution >= 0.6 is 0 Å². The van der Waals surface area contributed by atoms with Gasteiger partial charge >= 0.3 is 0 Å². The molecule has 0 bridgehead atoms. The van der Waals surface area contributed by atoms with E-state index < -0.39 is 11.4 Å². The lowest BCUT2D eigenvalue weighted by molar-refractivity contribution is -0.258. The van der Waals surface area contributed by atoms with Crippen molar-refractivity contribution < 1.29 is 14.6 Å². The molecular weight excluding hydrogens is 444 g/mol. The Morgan fingerprint density at radius 1 is 0.972 bits per heavy atom. The number of aliphatic hydroxyl groups is 1. The number of allylic oxidation sites excluding steroid dienone is 1. The number of aryl methyl sites for hydroxylation is 1. The average molecular weight is 491 g/mol. The smallest absolute Gasteiger partial charge is 0.171 e. The highest BCUT2D eigenvalue weighted by atomic mass is 16.7. The number of rotatable bonds is 2. The monoisotopic (exact) mass is 490 g/mol. The van der Waals surface area contributed by atoms with Gasteiger partial charge in [-0.2, -0.15) is 0 Å². The van der Waals surface area contributed by atoms with E-state index in [2.05, 4.69) is 38.1 Å². The van der Waals surface area contributed by atoms with Gasteiger partial charge < -0.3 is 14.6 Å². The minimum absolute atomic E-state index is 0.332. The van der Waals surface area contributed by atoms with Gasteiger partial charge in [-0.1, -0.05) is 50.3 Å². The minimum atomic E-state index is -0.660. The van der Waals surface area contributed by atoms with Crippen molar-refractivity contribution in [3.63, 3.8) is 0 Å². The Labute approximate surface area is 218 Å². The van der Waals surface area contributed by atoms with Crippen molar-refractivity contribution >= 4 is 0 Å². The maximum Gasteiger partial charge on any atom is 0.171 e. The summed E-state index contributed by atoms with van der Waals surface area (Å²) in [5, 5.41) is 12.3. The van der Waals surface area contributed by atoms with Crippen molar-refractivity contribution in [3.8, 4) is 0 Å². The lowest BCUT2D eigenvalue weighted by Gasteiger charge is -2.63. The number of fused-ring (bicyclic) bond motifs is 6. The lowest BCUT2D eigenvalue weighted by atomic mass is 9.43. The normalized spacial score (nSPS) is 47.2. The molecule has 5 saturated carbocycles. The highest BCUT2D eigenvalue weighted by Crippen LogP contribution is 2.75. The van der Waals surface area contributed by atoms with Crippen LogP contribution in [0.5, 0.6) is 0 Å². The summed E-state index contributed by atoms with van der Waals surface area (Å²) in [6, 6.07) is 9.61. The molecule has 1 N–H and O–H groups in total. The Morgan fingerprint density at radius 2 is 1.72 bits per heavy atom. The standard InChI is InChI=1S/C33H46O3/c1-4-23-7-9-24(10-8-23)26-20-30(3)27(12-15-31(30)14-5-6-22(31)2)25-11-16-32(34)21-33(35-18-19-36-33)17-13-28(32)29(25)26/h7-10,25-29,34H,2,4-6,11-21H2,1,3H3/t25?,26-,27?,28?,29?,30+,31+,32-/m1/s1. The van der Waals surface area contributed by atoms with Crippen molar-refractivity contribution in [1.82, 2.24) is 0 Å². The summed E-state index contributed by atoms with van der Waals surface area (Å²) < 4.78 is 12.3. The molecule has 5 aliphatic carbocycles. The van der Waals surface area contributed by atoms with Crippen LogP contribution in [0.3, 0.4) is 0 Å². The van der Waals surface area contributed by atoms with E-state index in [1.54, 1.807) is 5.57 Å². The van der Waals surface area contributed by atoms with Gasteiger partial charge in [-0.25, -0.2) is 0 Å². The molecule has 2 spiro atoms. The van der Waals surface area contributed by atoms with Crippen LogP contribution in [-0.2, 0) is 15.9 Å². The fourth-order valence-electron chi connectivity index (χ4n) is 11.2. The van der Waals surface area contributed by atoms with Gasteiger partial charge in [-0.05, 0) is 116 Å². The second-order valence-corrected chi connectivity index (χ2v) is 13.8. The molecule has 7 rings (SSSR count). The van der Waals surface area contributed by atoms with E-state index in [4.69, 9.17) is 16.1 Å². The molecule has 1 heterocycles. The zero-order valence-electron chi connectivity index (χ0n) is 22.6. The molecule has 3 heteroatoms. The molecule has 1 aromatic rings. The van der Waals surface area contributed by atoms with Crippen LogP contribution in [0.25, 0.3) is 0 Å². The van der Waals surface area contributed by atoms with Gasteiger partial charge in [0.2, 0.25) is 0 Å². The molecule has 36 heavy (non-hydrogen) atoms. The van der Waals surface area contributed by atoms with Gasteiger partial charge in [0.25, 0.3) is 0 Å². The van der Waals surface area contributed by atoms with E-state index in [0.29, 0.717) is 54.1 Å². The summed E-state index contributed by atoms with van der Waals surface area (Å²) in [5.41, 5.74) is 4.52. The molecule has 8 atom stereocenters. The topological polar surface area (TPSA) is 38.7 Å². The van der Waals surface area contributed by atoms with Crippen LogP contribution in [0.4, 0.5) is 0 Å². The molecule has 0 aromatic heterocycles. The van der Waals surface area contributed by atoms with Gasteiger partial charge in [0, 0.05) is 12.8 Å². The molecule has 6 aliphatic rings. The van der Waals surface area contributed by atoms with Crippen LogP contribution in [0.15, 0.2) is 36.4 Å². The maximum absolute atomic E-state index is 12.3. The molecule has 1 aliphatic heterocycles. The van der Waals surface area contributed by atoms with E-state index in [1.807, 2.05) is 0 Å². The quantitative estimate of drug-likeness (QED) is 0.446. The van der Waals surface area contributed by atoms with Gasteiger partial charge in [0.1, 0.15) is 0 Å². The van der Waals surface area contributed by atoms with Gasteiger partial charge in [-0.15, -0.1) is 0 Å². The predicted molar refractivity (Wildman–Crippen MR) is 143 cm³/mol. The second-order valence-electron chi connectivity index (χ2n) is 13.8. The average Bonchev–Trinajstić information content (AvgIpc) is 3.57. The summed E-state index contributed by atoms with van der Waals surface area (Å²) in [4.78, 5) is 0. The molecule has 6 fully saturated rings. The van der Waals surface area contributed by atoms with Crippen LogP contribution in [0.2, 0.25) is 0 Å². The predicted octanol–water partition coefficient (Wildman–Crippen LogP) is 7.18. The fourth-order valence-corrected chi connectivity index (χ4v) is 11.2. The molecule has 3 nitrogen and oxygen atoms in total. The van der Waals surface area contributed by atoms with Crippen LogP contribution in [-0.4, -0.2) is 29.7 Å². The summed E-state index contributed by atoms with van der Waals surface area (Å²) in [7, 11) is 0. The van der Waals surface area contributed by atoms with E-state index >= 15 is 0 Å². The third kappa shape index (κ3) is 3.15. The van der Waals surface area contributed by atoms with Crippen molar-refractivity contribution in [2.75, 3.05) is 13.2 Å². The Kier molecular flexibility index (Phi) is 5.43. The van der Waals surface area contributed by atoms with Gasteiger partial charge in [0.05, 0.1) is 18.8 Å². The molecule has 1 aromatic carbocycles. The van der Waals surface area contributed by atoms with Crippen molar-refractivity contribution in [2.24, 2.45) is 34.5 Å². The number of benzene rings is 1. The second kappa shape index (κ2) is 8.17. The zero-order chi connectivity index (χ0) is 24.8. The molecule has 0 amide bonds. The molecule has 4 unspecified atom stereocenters. The highest BCUT2D eigenvalue weighted by Gasteiger charge is 2.68. The SMILES string of the molecule is C=C1CCC[C@]12CCC1C3CC[C@@]4(O)CC5(CCC4C3[C@@H](c3ccc(CC)cc3)C[C@@]12C)OCCO5. The first-order valence-corrected chi connectivity index (χ1v) is 15.1. The summed E-state index contributed by atoms with van der Waals surface area (Å²) in [5.74, 6) is 2.36. The Hall–Kier alpha value is -1.16. The molecule has 1 saturated heterocycles. The third-order valence-electron chi connectivity index (χ3n) is 12.8. The largest absolute Gasteiger partial charge is 0.389 e. The van der Waals surface area contributed by atoms with Crippen LogP contribution < -0.4 is 0 Å². The maximum atomic E-state index is 12.3.